The fraction of sp³-hybridized carbons (Fsp3) is 0.538. The van der Waals surface area contributed by atoms with E-state index in [1.54, 1.807) is 12.1 Å². The highest BCUT2D eigenvalue weighted by Gasteiger charge is 2.28. The van der Waals surface area contributed by atoms with Crippen LogP contribution in [0, 0.1) is 0 Å². The largest absolute Gasteiger partial charge is 0.399 e. The van der Waals surface area contributed by atoms with Gasteiger partial charge < -0.3 is 15.4 Å². The SMILES string of the molecule is CNS(=O)(=O)c1cc(N)ccc1N1CC(C)OCC1C. The lowest BCUT2D eigenvalue weighted by atomic mass is 10.1. The maximum Gasteiger partial charge on any atom is 0.242 e. The molecule has 1 aromatic rings. The average molecular weight is 299 g/mol. The van der Waals surface area contributed by atoms with Crippen molar-refractivity contribution in [3.8, 4) is 0 Å². The monoisotopic (exact) mass is 299 g/mol. The van der Waals surface area contributed by atoms with Crippen molar-refractivity contribution >= 4 is 21.4 Å². The van der Waals surface area contributed by atoms with Crippen LogP contribution in [0.1, 0.15) is 13.8 Å². The minimum atomic E-state index is -3.55. The van der Waals surface area contributed by atoms with Crippen molar-refractivity contribution in [1.82, 2.24) is 4.72 Å². The van der Waals surface area contributed by atoms with E-state index in [-0.39, 0.29) is 17.0 Å². The number of nitrogen functional groups attached to an aromatic ring is 1. The second-order valence-corrected chi connectivity index (χ2v) is 6.94. The van der Waals surface area contributed by atoms with Gasteiger partial charge in [0.2, 0.25) is 10.0 Å². The third-order valence-corrected chi connectivity index (χ3v) is 4.90. The van der Waals surface area contributed by atoms with E-state index in [9.17, 15) is 8.42 Å². The van der Waals surface area contributed by atoms with Crippen molar-refractivity contribution in [3.63, 3.8) is 0 Å². The third-order valence-electron chi connectivity index (χ3n) is 3.46. The Kier molecular flexibility index (Phi) is 4.22. The van der Waals surface area contributed by atoms with E-state index < -0.39 is 10.0 Å². The van der Waals surface area contributed by atoms with Crippen molar-refractivity contribution in [2.75, 3.05) is 30.8 Å². The number of rotatable bonds is 3. The summed E-state index contributed by atoms with van der Waals surface area (Å²) in [6, 6.07) is 5.08. The summed E-state index contributed by atoms with van der Waals surface area (Å²) in [5.74, 6) is 0. The van der Waals surface area contributed by atoms with Crippen LogP contribution in [-0.4, -0.2) is 40.8 Å². The van der Waals surface area contributed by atoms with E-state index in [0.717, 1.165) is 0 Å². The lowest BCUT2D eigenvalue weighted by Gasteiger charge is -2.39. The number of nitrogens with two attached hydrogens (primary N) is 1. The van der Waals surface area contributed by atoms with Gasteiger partial charge in [-0.1, -0.05) is 0 Å². The van der Waals surface area contributed by atoms with Crippen LogP contribution in [0.2, 0.25) is 0 Å². The Morgan fingerprint density at radius 3 is 2.75 bits per heavy atom. The van der Waals surface area contributed by atoms with Gasteiger partial charge in [-0.05, 0) is 39.1 Å². The number of anilines is 2. The summed E-state index contributed by atoms with van der Waals surface area (Å²) in [4.78, 5) is 2.26. The van der Waals surface area contributed by atoms with Gasteiger partial charge in [0, 0.05) is 18.3 Å². The van der Waals surface area contributed by atoms with Crippen LogP contribution in [0.15, 0.2) is 23.1 Å². The van der Waals surface area contributed by atoms with Gasteiger partial charge in [0.25, 0.3) is 0 Å². The van der Waals surface area contributed by atoms with Crippen LogP contribution < -0.4 is 15.4 Å². The maximum atomic E-state index is 12.2. The molecule has 1 aliphatic rings. The molecule has 7 heteroatoms. The van der Waals surface area contributed by atoms with Crippen molar-refractivity contribution in [1.29, 1.82) is 0 Å². The van der Waals surface area contributed by atoms with E-state index in [1.165, 1.54) is 13.1 Å². The summed E-state index contributed by atoms with van der Waals surface area (Å²) < 4.78 is 32.3. The molecule has 1 heterocycles. The van der Waals surface area contributed by atoms with Gasteiger partial charge in [-0.25, -0.2) is 13.1 Å². The first-order chi connectivity index (χ1) is 9.35. The molecule has 0 aromatic heterocycles. The molecule has 0 spiro atoms. The molecule has 0 aliphatic carbocycles. The van der Waals surface area contributed by atoms with Gasteiger partial charge in [0.15, 0.2) is 0 Å². The molecule has 2 unspecified atom stereocenters. The van der Waals surface area contributed by atoms with Crippen LogP contribution in [0.25, 0.3) is 0 Å². The average Bonchev–Trinajstić information content (AvgIpc) is 2.41. The zero-order valence-electron chi connectivity index (χ0n) is 12.0. The van der Waals surface area contributed by atoms with Gasteiger partial charge in [0.1, 0.15) is 4.90 Å². The molecule has 20 heavy (non-hydrogen) atoms. The highest BCUT2D eigenvalue weighted by molar-refractivity contribution is 7.89. The number of benzene rings is 1. The Hall–Kier alpha value is -1.31. The quantitative estimate of drug-likeness (QED) is 0.806. The minimum Gasteiger partial charge on any atom is -0.399 e. The molecule has 2 rings (SSSR count). The topological polar surface area (TPSA) is 84.7 Å². The molecule has 0 bridgehead atoms. The predicted molar refractivity (Wildman–Crippen MR) is 79.3 cm³/mol. The van der Waals surface area contributed by atoms with Gasteiger partial charge in [-0.3, -0.25) is 0 Å². The molecule has 3 N–H and O–H groups in total. The van der Waals surface area contributed by atoms with Crippen LogP contribution in [-0.2, 0) is 14.8 Å². The van der Waals surface area contributed by atoms with Gasteiger partial charge >= 0.3 is 0 Å². The number of sulfonamides is 1. The van der Waals surface area contributed by atoms with Crippen LogP contribution >= 0.6 is 0 Å². The van der Waals surface area contributed by atoms with Gasteiger partial charge in [-0.2, -0.15) is 0 Å². The fourth-order valence-corrected chi connectivity index (χ4v) is 3.30. The number of nitrogens with one attached hydrogen (secondary N) is 1. The number of hydrogen-bond donors (Lipinski definition) is 2. The van der Waals surface area contributed by atoms with Gasteiger partial charge in [0.05, 0.1) is 18.4 Å². The van der Waals surface area contributed by atoms with Crippen molar-refractivity contribution in [3.05, 3.63) is 18.2 Å². The van der Waals surface area contributed by atoms with Crippen molar-refractivity contribution in [2.24, 2.45) is 0 Å². The first kappa shape index (κ1) is 15.1. The molecule has 6 nitrogen and oxygen atoms in total. The molecular weight excluding hydrogens is 278 g/mol. The fourth-order valence-electron chi connectivity index (χ4n) is 2.33. The zero-order valence-corrected chi connectivity index (χ0v) is 12.8. The normalized spacial score (nSPS) is 23.9. The first-order valence-corrected chi connectivity index (χ1v) is 8.05. The molecule has 112 valence electrons. The minimum absolute atomic E-state index is 0.0638. The summed E-state index contributed by atoms with van der Waals surface area (Å²) in [6.45, 7) is 5.21. The molecule has 0 saturated carbocycles. The molecule has 0 radical (unpaired) electrons. The van der Waals surface area contributed by atoms with Gasteiger partial charge in [-0.15, -0.1) is 0 Å². The maximum absolute atomic E-state index is 12.2. The summed E-state index contributed by atoms with van der Waals surface area (Å²) in [5.41, 5.74) is 6.83. The predicted octanol–water partition coefficient (Wildman–Crippen LogP) is 0.790. The summed E-state index contributed by atoms with van der Waals surface area (Å²) in [5, 5.41) is 0. The summed E-state index contributed by atoms with van der Waals surface area (Å²) in [7, 11) is -2.16. The summed E-state index contributed by atoms with van der Waals surface area (Å²) in [6.07, 6.45) is 0.0638. The highest BCUT2D eigenvalue weighted by Crippen LogP contribution is 2.30. The second kappa shape index (κ2) is 5.59. The highest BCUT2D eigenvalue weighted by atomic mass is 32.2. The van der Waals surface area contributed by atoms with Crippen molar-refractivity contribution < 1.29 is 13.2 Å². The van der Waals surface area contributed by atoms with E-state index in [0.29, 0.717) is 24.5 Å². The van der Waals surface area contributed by atoms with Crippen LogP contribution in [0.5, 0.6) is 0 Å². The molecule has 1 fully saturated rings. The lowest BCUT2D eigenvalue weighted by molar-refractivity contribution is 0.0341. The molecule has 1 aliphatic heterocycles. The summed E-state index contributed by atoms with van der Waals surface area (Å²) >= 11 is 0. The van der Waals surface area contributed by atoms with E-state index in [1.807, 2.05) is 13.8 Å². The Balaban J connectivity index is 2.51. The lowest BCUT2D eigenvalue weighted by Crippen LogP contribution is -2.48. The Bertz CT molecular complexity index is 589. The second-order valence-electron chi connectivity index (χ2n) is 5.08. The Morgan fingerprint density at radius 1 is 1.40 bits per heavy atom. The third kappa shape index (κ3) is 2.89. The first-order valence-electron chi connectivity index (χ1n) is 6.56. The van der Waals surface area contributed by atoms with Crippen LogP contribution in [0.4, 0.5) is 11.4 Å². The Morgan fingerprint density at radius 2 is 2.10 bits per heavy atom. The molecular formula is C13H21N3O3S. The molecule has 0 amide bonds. The number of nitrogens with zero attached hydrogens (tertiary/aromatic N) is 1. The van der Waals surface area contributed by atoms with E-state index in [2.05, 4.69) is 9.62 Å². The smallest absolute Gasteiger partial charge is 0.242 e. The molecule has 1 aromatic carbocycles. The van der Waals surface area contributed by atoms with Crippen molar-refractivity contribution in [2.45, 2.75) is 30.9 Å². The van der Waals surface area contributed by atoms with E-state index in [4.69, 9.17) is 10.5 Å². The molecule has 1 saturated heterocycles. The number of morpholine rings is 1. The van der Waals surface area contributed by atoms with Crippen LogP contribution in [0.3, 0.4) is 0 Å². The zero-order chi connectivity index (χ0) is 14.9. The number of ether oxygens (including phenoxy) is 1. The molecule has 2 atom stereocenters. The Labute approximate surface area is 120 Å². The standard InChI is InChI=1S/C13H21N3O3S/c1-9-8-19-10(2)7-16(9)12-5-4-11(14)6-13(12)20(17,18)15-3/h4-6,9-10,15H,7-8,14H2,1-3H3. The number of hydrogen-bond acceptors (Lipinski definition) is 5. The van der Waals surface area contributed by atoms with E-state index >= 15 is 0 Å².